The van der Waals surface area contributed by atoms with Gasteiger partial charge in [0.05, 0.1) is 13.2 Å². The smallest absolute Gasteiger partial charge is 0.119 e. The van der Waals surface area contributed by atoms with E-state index in [4.69, 9.17) is 16.3 Å². The molecule has 2 saturated carbocycles. The first-order valence-corrected chi connectivity index (χ1v) is 9.52. The summed E-state index contributed by atoms with van der Waals surface area (Å²) in [5.41, 5.74) is 3.08. The molecule has 6 atom stereocenters. The standard InChI is InChI=1S/C20H27ClO2/c1-20-8-7-16-15-6-4-14(23-2)9-12(15)3-5-17(16)18(20)10-13(11-21)19(20)22/h4,6,9,13,16-19,22H,3,5,7-8,10-11H2,1-2H3/t13-,16-,17-,18+,19-,20-/m1/s1. The lowest BCUT2D eigenvalue weighted by molar-refractivity contribution is -0.0306. The molecule has 1 N–H and O–H groups in total. The first kappa shape index (κ1) is 15.8. The number of hydrogen-bond donors (Lipinski definition) is 1. The van der Waals surface area contributed by atoms with Gasteiger partial charge in [-0.25, -0.2) is 0 Å². The van der Waals surface area contributed by atoms with Crippen LogP contribution in [0.5, 0.6) is 5.75 Å². The third-order valence-corrected chi connectivity index (χ3v) is 7.64. The predicted octanol–water partition coefficient (Wildman–Crippen LogP) is 4.38. The highest BCUT2D eigenvalue weighted by Gasteiger charge is 2.57. The van der Waals surface area contributed by atoms with Crippen LogP contribution in [-0.4, -0.2) is 24.2 Å². The topological polar surface area (TPSA) is 29.5 Å². The summed E-state index contributed by atoms with van der Waals surface area (Å²) in [4.78, 5) is 0. The first-order valence-electron chi connectivity index (χ1n) is 8.99. The van der Waals surface area contributed by atoms with Gasteiger partial charge in [-0.1, -0.05) is 13.0 Å². The molecule has 3 heteroatoms. The summed E-state index contributed by atoms with van der Waals surface area (Å²) in [5.74, 6) is 3.83. The van der Waals surface area contributed by atoms with Gasteiger partial charge in [-0.3, -0.25) is 0 Å². The van der Waals surface area contributed by atoms with Gasteiger partial charge in [-0.2, -0.15) is 0 Å². The van der Waals surface area contributed by atoms with E-state index in [0.29, 0.717) is 23.6 Å². The van der Waals surface area contributed by atoms with Gasteiger partial charge in [-0.05, 0) is 84.5 Å². The average Bonchev–Trinajstić information content (AvgIpc) is 2.85. The van der Waals surface area contributed by atoms with Crippen LogP contribution >= 0.6 is 11.6 Å². The van der Waals surface area contributed by atoms with Crippen LogP contribution in [0.15, 0.2) is 18.2 Å². The molecule has 3 aliphatic rings. The van der Waals surface area contributed by atoms with Crippen molar-refractivity contribution in [1.82, 2.24) is 0 Å². The maximum atomic E-state index is 10.8. The van der Waals surface area contributed by atoms with E-state index in [2.05, 4.69) is 25.1 Å². The zero-order valence-corrected chi connectivity index (χ0v) is 14.9. The second kappa shape index (κ2) is 5.67. The minimum Gasteiger partial charge on any atom is -0.497 e. The molecule has 0 unspecified atom stereocenters. The van der Waals surface area contributed by atoms with Crippen molar-refractivity contribution in [3.63, 3.8) is 0 Å². The van der Waals surface area contributed by atoms with Gasteiger partial charge < -0.3 is 9.84 Å². The number of ether oxygens (including phenoxy) is 1. The van der Waals surface area contributed by atoms with E-state index in [-0.39, 0.29) is 17.4 Å². The molecule has 1 aromatic rings. The molecule has 0 aliphatic heterocycles. The van der Waals surface area contributed by atoms with Gasteiger partial charge in [0.15, 0.2) is 0 Å². The van der Waals surface area contributed by atoms with Gasteiger partial charge in [0, 0.05) is 5.88 Å². The minimum absolute atomic E-state index is 0.0741. The monoisotopic (exact) mass is 334 g/mol. The molecule has 126 valence electrons. The molecule has 4 rings (SSSR count). The maximum Gasteiger partial charge on any atom is 0.119 e. The molecule has 0 saturated heterocycles. The molecule has 0 spiro atoms. The van der Waals surface area contributed by atoms with Gasteiger partial charge in [-0.15, -0.1) is 11.6 Å². The van der Waals surface area contributed by atoms with E-state index in [1.807, 2.05) is 0 Å². The Kier molecular flexibility index (Phi) is 3.89. The van der Waals surface area contributed by atoms with E-state index in [0.717, 1.165) is 25.0 Å². The third-order valence-electron chi connectivity index (χ3n) is 7.25. The van der Waals surface area contributed by atoms with E-state index in [1.165, 1.54) is 24.0 Å². The summed E-state index contributed by atoms with van der Waals surface area (Å²) in [6.07, 6.45) is 5.59. The molecular weight excluding hydrogens is 308 g/mol. The Hall–Kier alpha value is -0.730. The Morgan fingerprint density at radius 3 is 2.91 bits per heavy atom. The fourth-order valence-electron chi connectivity index (χ4n) is 5.99. The largest absolute Gasteiger partial charge is 0.497 e. The third kappa shape index (κ3) is 2.25. The van der Waals surface area contributed by atoms with Crippen molar-refractivity contribution < 1.29 is 9.84 Å². The molecule has 23 heavy (non-hydrogen) atoms. The Balaban J connectivity index is 1.67. The summed E-state index contributed by atoms with van der Waals surface area (Å²) in [6, 6.07) is 6.63. The van der Waals surface area contributed by atoms with Crippen LogP contribution < -0.4 is 4.74 Å². The second-order valence-corrected chi connectivity index (χ2v) is 8.43. The molecule has 0 amide bonds. The van der Waals surface area contributed by atoms with Crippen molar-refractivity contribution in [1.29, 1.82) is 0 Å². The summed E-state index contributed by atoms with van der Waals surface area (Å²) in [6.45, 7) is 2.31. The number of aryl methyl sites for hydroxylation is 1. The summed E-state index contributed by atoms with van der Waals surface area (Å²) in [5, 5.41) is 10.8. The summed E-state index contributed by atoms with van der Waals surface area (Å²) in [7, 11) is 1.74. The minimum atomic E-state index is -0.219. The van der Waals surface area contributed by atoms with Crippen molar-refractivity contribution in [2.24, 2.45) is 23.2 Å². The van der Waals surface area contributed by atoms with Crippen LogP contribution in [0, 0.1) is 23.2 Å². The Morgan fingerprint density at radius 2 is 2.17 bits per heavy atom. The fraction of sp³-hybridized carbons (Fsp3) is 0.700. The maximum absolute atomic E-state index is 10.8. The Morgan fingerprint density at radius 1 is 1.35 bits per heavy atom. The van der Waals surface area contributed by atoms with Crippen molar-refractivity contribution in [2.45, 2.75) is 51.0 Å². The number of aliphatic hydroxyl groups excluding tert-OH is 1. The molecule has 2 nitrogen and oxygen atoms in total. The second-order valence-electron chi connectivity index (χ2n) is 8.12. The number of alkyl halides is 1. The lowest BCUT2D eigenvalue weighted by atomic mass is 9.55. The normalized spacial score (nSPS) is 41.8. The molecule has 2 fully saturated rings. The highest BCUT2D eigenvalue weighted by Crippen LogP contribution is 2.62. The van der Waals surface area contributed by atoms with E-state index in [1.54, 1.807) is 7.11 Å². The highest BCUT2D eigenvalue weighted by atomic mass is 35.5. The van der Waals surface area contributed by atoms with E-state index >= 15 is 0 Å². The number of methoxy groups -OCH3 is 1. The number of halogens is 1. The van der Waals surface area contributed by atoms with Gasteiger partial charge in [0.2, 0.25) is 0 Å². The Bertz CT molecular complexity index is 601. The van der Waals surface area contributed by atoms with Crippen LogP contribution in [0.4, 0.5) is 0 Å². The van der Waals surface area contributed by atoms with Gasteiger partial charge >= 0.3 is 0 Å². The molecular formula is C20H27ClO2. The SMILES string of the molecule is COc1ccc2c(c1)CC[C@@H]1[C@@H]2CC[C@@]2(C)[C@H](O)[C@@H](CCl)C[C@@H]12. The predicted molar refractivity (Wildman–Crippen MR) is 93.2 cm³/mol. The van der Waals surface area contributed by atoms with Gasteiger partial charge in [0.1, 0.15) is 5.75 Å². The molecule has 0 heterocycles. The number of fused-ring (bicyclic) bond motifs is 5. The summed E-state index contributed by atoms with van der Waals surface area (Å²) < 4.78 is 5.40. The van der Waals surface area contributed by atoms with Gasteiger partial charge in [0.25, 0.3) is 0 Å². The van der Waals surface area contributed by atoms with Crippen LogP contribution in [0.3, 0.4) is 0 Å². The molecule has 0 bridgehead atoms. The first-order chi connectivity index (χ1) is 11.1. The lowest BCUT2D eigenvalue weighted by Crippen LogP contribution is -2.44. The van der Waals surface area contributed by atoms with Crippen molar-refractivity contribution in [2.75, 3.05) is 13.0 Å². The summed E-state index contributed by atoms with van der Waals surface area (Å²) >= 11 is 6.15. The average molecular weight is 335 g/mol. The fourth-order valence-corrected chi connectivity index (χ4v) is 6.28. The number of hydrogen-bond acceptors (Lipinski definition) is 2. The van der Waals surface area contributed by atoms with Crippen LogP contribution in [0.25, 0.3) is 0 Å². The van der Waals surface area contributed by atoms with Crippen LogP contribution in [0.2, 0.25) is 0 Å². The quantitative estimate of drug-likeness (QED) is 0.813. The zero-order chi connectivity index (χ0) is 16.2. The zero-order valence-electron chi connectivity index (χ0n) is 14.1. The van der Waals surface area contributed by atoms with Crippen LogP contribution in [0.1, 0.15) is 49.7 Å². The molecule has 1 aromatic carbocycles. The van der Waals surface area contributed by atoms with E-state index < -0.39 is 0 Å². The van der Waals surface area contributed by atoms with Crippen molar-refractivity contribution in [3.8, 4) is 5.75 Å². The number of benzene rings is 1. The molecule has 3 aliphatic carbocycles. The van der Waals surface area contributed by atoms with E-state index in [9.17, 15) is 5.11 Å². The Labute approximate surface area is 144 Å². The number of rotatable bonds is 2. The van der Waals surface area contributed by atoms with Crippen LogP contribution in [-0.2, 0) is 6.42 Å². The molecule has 0 aromatic heterocycles. The van der Waals surface area contributed by atoms with Crippen molar-refractivity contribution >= 4 is 11.6 Å². The van der Waals surface area contributed by atoms with Crippen molar-refractivity contribution in [3.05, 3.63) is 29.3 Å². The lowest BCUT2D eigenvalue weighted by Gasteiger charge is -2.50. The number of aliphatic hydroxyl groups is 1. The molecule has 0 radical (unpaired) electrons. The highest BCUT2D eigenvalue weighted by molar-refractivity contribution is 6.18.